The highest BCUT2D eigenvalue weighted by atomic mass is 32.2. The molecule has 1 aliphatic heterocycles. The molecule has 1 unspecified atom stereocenters. The van der Waals surface area contributed by atoms with E-state index >= 15 is 0 Å². The Balaban J connectivity index is 1.68. The summed E-state index contributed by atoms with van der Waals surface area (Å²) in [5.74, 6) is 1.42. The van der Waals surface area contributed by atoms with Gasteiger partial charge in [0.1, 0.15) is 11.9 Å². The number of hydrazone groups is 1. The van der Waals surface area contributed by atoms with Crippen molar-refractivity contribution < 1.29 is 8.42 Å². The first-order valence-electron chi connectivity index (χ1n) is 10.5. The number of sulfone groups is 1. The molecule has 1 aromatic heterocycles. The molecule has 2 heterocycles. The summed E-state index contributed by atoms with van der Waals surface area (Å²) in [5.41, 5.74) is 3.18. The summed E-state index contributed by atoms with van der Waals surface area (Å²) in [6.45, 7) is 3.50. The minimum absolute atomic E-state index is 0.0918. The van der Waals surface area contributed by atoms with Gasteiger partial charge in [-0.15, -0.1) is 0 Å². The zero-order valence-corrected chi connectivity index (χ0v) is 18.2. The van der Waals surface area contributed by atoms with Gasteiger partial charge in [-0.1, -0.05) is 31.9 Å². The average Bonchev–Trinajstić information content (AvgIpc) is 3.43. The normalized spacial score (nSPS) is 19.7. The van der Waals surface area contributed by atoms with Crippen LogP contribution in [0.3, 0.4) is 0 Å². The molecule has 0 amide bonds. The molecule has 0 N–H and O–H groups in total. The average molecular weight is 423 g/mol. The van der Waals surface area contributed by atoms with Crippen molar-refractivity contribution >= 4 is 21.4 Å². The van der Waals surface area contributed by atoms with E-state index in [0.29, 0.717) is 22.1 Å². The Hall–Kier alpha value is -2.72. The highest BCUT2D eigenvalue weighted by Crippen LogP contribution is 2.37. The lowest BCUT2D eigenvalue weighted by Gasteiger charge is -2.27. The third-order valence-corrected chi connectivity index (χ3v) is 7.99. The predicted molar refractivity (Wildman–Crippen MR) is 117 cm³/mol. The summed E-state index contributed by atoms with van der Waals surface area (Å²) < 4.78 is 24.2. The van der Waals surface area contributed by atoms with Gasteiger partial charge in [-0.2, -0.15) is 10.4 Å². The molecule has 1 fully saturated rings. The molecule has 0 saturated heterocycles. The van der Waals surface area contributed by atoms with Crippen molar-refractivity contribution in [3.05, 3.63) is 53.2 Å². The number of benzene rings is 1. The van der Waals surface area contributed by atoms with Crippen LogP contribution in [0.1, 0.15) is 55.8 Å². The lowest BCUT2D eigenvalue weighted by atomic mass is 9.92. The van der Waals surface area contributed by atoms with Crippen LogP contribution in [-0.4, -0.2) is 30.9 Å². The van der Waals surface area contributed by atoms with E-state index in [2.05, 4.69) is 11.1 Å². The second-order valence-electron chi connectivity index (χ2n) is 8.05. The van der Waals surface area contributed by atoms with Crippen LogP contribution < -0.4 is 5.01 Å². The molecule has 0 bridgehead atoms. The Morgan fingerprint density at radius 1 is 1.13 bits per heavy atom. The first kappa shape index (κ1) is 20.5. The summed E-state index contributed by atoms with van der Waals surface area (Å²) in [5, 5.41) is 16.2. The van der Waals surface area contributed by atoms with Crippen molar-refractivity contribution in [2.75, 3.05) is 10.8 Å². The molecule has 30 heavy (non-hydrogen) atoms. The van der Waals surface area contributed by atoms with Crippen molar-refractivity contribution in [3.8, 4) is 6.07 Å². The van der Waals surface area contributed by atoms with Crippen LogP contribution >= 0.6 is 0 Å². The fourth-order valence-electron chi connectivity index (χ4n) is 4.45. The first-order chi connectivity index (χ1) is 14.4. The predicted octanol–water partition coefficient (Wildman–Crippen LogP) is 4.23. The molecular weight excluding hydrogens is 396 g/mol. The smallest absolute Gasteiger partial charge is 0.178 e. The minimum atomic E-state index is -3.21. The van der Waals surface area contributed by atoms with Gasteiger partial charge in [0.2, 0.25) is 0 Å². The quantitative estimate of drug-likeness (QED) is 0.720. The van der Waals surface area contributed by atoms with Crippen molar-refractivity contribution in [3.63, 3.8) is 0 Å². The number of hydrogen-bond acceptors (Lipinski definition) is 6. The van der Waals surface area contributed by atoms with Gasteiger partial charge in [0.15, 0.2) is 9.84 Å². The van der Waals surface area contributed by atoms with Gasteiger partial charge >= 0.3 is 0 Å². The molecule has 0 spiro atoms. The van der Waals surface area contributed by atoms with Crippen molar-refractivity contribution in [2.24, 2.45) is 11.0 Å². The fraction of sp³-hybridized carbons (Fsp3) is 0.435. The Kier molecular flexibility index (Phi) is 5.61. The molecule has 0 radical (unpaired) electrons. The molecule has 1 aromatic carbocycles. The number of rotatable bonds is 5. The number of pyridine rings is 1. The van der Waals surface area contributed by atoms with E-state index in [-0.39, 0.29) is 11.8 Å². The second kappa shape index (κ2) is 8.19. The molecule has 1 saturated carbocycles. The van der Waals surface area contributed by atoms with Crippen LogP contribution in [0.4, 0.5) is 5.82 Å². The third kappa shape index (κ3) is 3.84. The summed E-state index contributed by atoms with van der Waals surface area (Å²) in [7, 11) is -3.21. The maximum atomic E-state index is 12.1. The van der Waals surface area contributed by atoms with Gasteiger partial charge in [0.05, 0.1) is 33.7 Å². The third-order valence-electron chi connectivity index (χ3n) is 6.24. The van der Waals surface area contributed by atoms with Gasteiger partial charge in [-0.3, -0.25) is 0 Å². The second-order valence-corrected chi connectivity index (χ2v) is 10.3. The maximum Gasteiger partial charge on any atom is 0.178 e. The van der Waals surface area contributed by atoms with E-state index in [1.54, 1.807) is 25.1 Å². The highest BCUT2D eigenvalue weighted by Gasteiger charge is 2.36. The molecule has 1 aliphatic carbocycles. The zero-order valence-electron chi connectivity index (χ0n) is 17.4. The van der Waals surface area contributed by atoms with E-state index in [9.17, 15) is 13.7 Å². The van der Waals surface area contributed by atoms with Gasteiger partial charge < -0.3 is 0 Å². The maximum absolute atomic E-state index is 12.1. The first-order valence-corrected chi connectivity index (χ1v) is 12.2. The molecule has 156 valence electrons. The SMILES string of the molecule is CCS(=O)(=O)c1ccc(C2=NN(c3ccc(C#N)c(C)n3)C(C3CCCC3)C2)cc1. The van der Waals surface area contributed by atoms with Crippen LogP contribution in [0, 0.1) is 24.2 Å². The fourth-order valence-corrected chi connectivity index (χ4v) is 5.33. The molecule has 2 aromatic rings. The number of anilines is 1. The van der Waals surface area contributed by atoms with Gasteiger partial charge in [0.25, 0.3) is 0 Å². The Labute approximate surface area is 178 Å². The lowest BCUT2D eigenvalue weighted by molar-refractivity contribution is 0.428. The highest BCUT2D eigenvalue weighted by molar-refractivity contribution is 7.91. The van der Waals surface area contributed by atoms with Crippen molar-refractivity contribution in [2.45, 2.75) is 56.9 Å². The standard InChI is InChI=1S/C23H26N4O2S/c1-3-30(28,29)20-11-8-17(9-12-20)21-14-22(18-6-4-5-7-18)27(26-21)23-13-10-19(15-24)16(2)25-23/h8-13,18,22H,3-7,14H2,1-2H3. The molecule has 2 aliphatic rings. The summed E-state index contributed by atoms with van der Waals surface area (Å²) in [4.78, 5) is 5.00. The van der Waals surface area contributed by atoms with Crippen LogP contribution in [0.15, 0.2) is 46.4 Å². The lowest BCUT2D eigenvalue weighted by Crippen LogP contribution is -2.33. The summed E-state index contributed by atoms with van der Waals surface area (Å²) >= 11 is 0. The van der Waals surface area contributed by atoms with Crippen molar-refractivity contribution in [1.82, 2.24) is 4.98 Å². The monoisotopic (exact) mass is 422 g/mol. The molecular formula is C23H26N4O2S. The van der Waals surface area contributed by atoms with Crippen LogP contribution in [0.25, 0.3) is 0 Å². The molecule has 7 heteroatoms. The number of aryl methyl sites for hydroxylation is 1. The van der Waals surface area contributed by atoms with E-state index in [1.165, 1.54) is 25.7 Å². The molecule has 4 rings (SSSR count). The number of nitrogens with zero attached hydrogens (tertiary/aromatic N) is 4. The molecule has 1 atom stereocenters. The van der Waals surface area contributed by atoms with Crippen LogP contribution in [0.2, 0.25) is 0 Å². The number of aromatic nitrogens is 1. The Bertz CT molecular complexity index is 1110. The van der Waals surface area contributed by atoms with Gasteiger partial charge in [0, 0.05) is 6.42 Å². The van der Waals surface area contributed by atoms with Crippen LogP contribution in [-0.2, 0) is 9.84 Å². The largest absolute Gasteiger partial charge is 0.244 e. The zero-order chi connectivity index (χ0) is 21.3. The van der Waals surface area contributed by atoms with E-state index in [4.69, 9.17) is 5.10 Å². The van der Waals surface area contributed by atoms with E-state index in [0.717, 1.165) is 23.5 Å². The van der Waals surface area contributed by atoms with Gasteiger partial charge in [-0.25, -0.2) is 18.4 Å². The Morgan fingerprint density at radius 3 is 2.43 bits per heavy atom. The number of hydrogen-bond donors (Lipinski definition) is 0. The van der Waals surface area contributed by atoms with Gasteiger partial charge in [-0.05, 0) is 55.5 Å². The van der Waals surface area contributed by atoms with E-state index < -0.39 is 9.84 Å². The summed E-state index contributed by atoms with van der Waals surface area (Å²) in [6.07, 6.45) is 5.67. The van der Waals surface area contributed by atoms with E-state index in [1.807, 2.05) is 30.1 Å². The van der Waals surface area contributed by atoms with Crippen molar-refractivity contribution in [1.29, 1.82) is 5.26 Å². The van der Waals surface area contributed by atoms with Crippen LogP contribution in [0.5, 0.6) is 0 Å². The summed E-state index contributed by atoms with van der Waals surface area (Å²) in [6, 6.07) is 13.1. The number of nitriles is 1. The topological polar surface area (TPSA) is 86.4 Å². The minimum Gasteiger partial charge on any atom is -0.244 e. The molecule has 6 nitrogen and oxygen atoms in total. The Morgan fingerprint density at radius 2 is 1.83 bits per heavy atom.